The van der Waals surface area contributed by atoms with E-state index in [0.29, 0.717) is 6.42 Å². The monoisotopic (exact) mass is 255 g/mol. The molecule has 2 N–H and O–H groups in total. The van der Waals surface area contributed by atoms with E-state index in [4.69, 9.17) is 0 Å². The first-order chi connectivity index (χ1) is 7.93. The van der Waals surface area contributed by atoms with Gasteiger partial charge in [-0.25, -0.2) is 0 Å². The number of likely N-dealkylation sites (N-methyl/N-ethyl adjacent to an activating group) is 1. The second-order valence-electron chi connectivity index (χ2n) is 4.61. The van der Waals surface area contributed by atoms with Gasteiger partial charge in [0.05, 0.1) is 6.61 Å². The minimum atomic E-state index is -4.26. The van der Waals surface area contributed by atoms with E-state index in [1.54, 1.807) is 7.05 Å². The average molecular weight is 255 g/mol. The number of hydrogen-bond donors (Lipinski definition) is 2. The van der Waals surface area contributed by atoms with E-state index >= 15 is 0 Å². The maximum Gasteiger partial charge on any atom is 0.411 e. The van der Waals surface area contributed by atoms with Gasteiger partial charge in [0.2, 0.25) is 0 Å². The Morgan fingerprint density at radius 2 is 2.18 bits per heavy atom. The number of alkyl halides is 3. The summed E-state index contributed by atoms with van der Waals surface area (Å²) in [5.74, 6) is 0.186. The number of aliphatic hydroxyl groups excluding tert-OH is 1. The largest absolute Gasteiger partial charge is 0.411 e. The lowest BCUT2D eigenvalue weighted by Gasteiger charge is -2.33. The van der Waals surface area contributed by atoms with Gasteiger partial charge in [0.25, 0.3) is 0 Å². The number of hydrogen-bond acceptors (Lipinski definition) is 3. The summed E-state index contributed by atoms with van der Waals surface area (Å²) in [6.45, 7) is -1.08. The molecule has 1 fully saturated rings. The Labute approximate surface area is 99.3 Å². The molecular weight excluding hydrogens is 235 g/mol. The molecule has 1 saturated carbocycles. The summed E-state index contributed by atoms with van der Waals surface area (Å²) < 4.78 is 40.2. The fourth-order valence-corrected chi connectivity index (χ4v) is 2.59. The van der Waals surface area contributed by atoms with Gasteiger partial charge in [-0.1, -0.05) is 6.42 Å². The summed E-state index contributed by atoms with van der Waals surface area (Å²) in [7, 11) is 1.78. The van der Waals surface area contributed by atoms with Gasteiger partial charge in [-0.3, -0.25) is 0 Å². The standard InChI is InChI=1S/C11H20F3NO2/c1-15-10(7-16)5-2-3-9(10)4-6-17-8-11(12,13)14/h9,15-16H,2-8H2,1H3. The molecule has 0 bridgehead atoms. The first-order valence-electron chi connectivity index (χ1n) is 5.88. The molecule has 3 nitrogen and oxygen atoms in total. The highest BCUT2D eigenvalue weighted by molar-refractivity contribution is 4.97. The van der Waals surface area contributed by atoms with Crippen LogP contribution in [0.4, 0.5) is 13.2 Å². The summed E-state index contributed by atoms with van der Waals surface area (Å²) in [5, 5.41) is 12.5. The minimum absolute atomic E-state index is 0.0213. The van der Waals surface area contributed by atoms with Crippen molar-refractivity contribution in [3.05, 3.63) is 0 Å². The van der Waals surface area contributed by atoms with Crippen molar-refractivity contribution in [2.45, 2.75) is 37.4 Å². The maximum absolute atomic E-state index is 11.9. The van der Waals surface area contributed by atoms with Gasteiger partial charge < -0.3 is 15.2 Å². The smallest absolute Gasteiger partial charge is 0.394 e. The molecule has 0 radical (unpaired) electrons. The Balaban J connectivity index is 2.31. The molecule has 1 rings (SSSR count). The van der Waals surface area contributed by atoms with Gasteiger partial charge in [-0.2, -0.15) is 13.2 Å². The lowest BCUT2D eigenvalue weighted by Crippen LogP contribution is -2.49. The second-order valence-corrected chi connectivity index (χ2v) is 4.61. The third kappa shape index (κ3) is 4.12. The van der Waals surface area contributed by atoms with Crippen molar-refractivity contribution in [2.24, 2.45) is 5.92 Å². The highest BCUT2D eigenvalue weighted by Crippen LogP contribution is 2.37. The van der Waals surface area contributed by atoms with E-state index in [0.717, 1.165) is 19.3 Å². The summed E-state index contributed by atoms with van der Waals surface area (Å²) in [6.07, 6.45) is -0.920. The SMILES string of the molecule is CNC1(CO)CCCC1CCOCC(F)(F)F. The fourth-order valence-electron chi connectivity index (χ4n) is 2.59. The first-order valence-corrected chi connectivity index (χ1v) is 5.88. The van der Waals surface area contributed by atoms with Crippen molar-refractivity contribution in [3.63, 3.8) is 0 Å². The van der Waals surface area contributed by atoms with Crippen LogP contribution in [0, 0.1) is 5.92 Å². The van der Waals surface area contributed by atoms with Crippen molar-refractivity contribution in [1.29, 1.82) is 0 Å². The van der Waals surface area contributed by atoms with Crippen LogP contribution in [0.5, 0.6) is 0 Å². The molecule has 0 amide bonds. The normalized spacial score (nSPS) is 29.8. The quantitative estimate of drug-likeness (QED) is 0.710. The Kier molecular flexibility index (Phi) is 5.22. The molecule has 0 spiro atoms. The fraction of sp³-hybridized carbons (Fsp3) is 1.00. The highest BCUT2D eigenvalue weighted by atomic mass is 19.4. The van der Waals surface area contributed by atoms with Crippen LogP contribution in [0.1, 0.15) is 25.7 Å². The number of ether oxygens (including phenoxy) is 1. The van der Waals surface area contributed by atoms with Crippen molar-refractivity contribution < 1.29 is 23.0 Å². The molecule has 1 aliphatic rings. The number of aliphatic hydroxyl groups is 1. The Morgan fingerprint density at radius 1 is 1.47 bits per heavy atom. The van der Waals surface area contributed by atoms with Crippen LogP contribution in [-0.4, -0.2) is 43.7 Å². The van der Waals surface area contributed by atoms with Crippen LogP contribution >= 0.6 is 0 Å². The summed E-state index contributed by atoms with van der Waals surface area (Å²) in [6, 6.07) is 0. The zero-order chi connectivity index (χ0) is 12.9. The third-order valence-corrected chi connectivity index (χ3v) is 3.61. The zero-order valence-corrected chi connectivity index (χ0v) is 10.0. The molecule has 6 heteroatoms. The van der Waals surface area contributed by atoms with E-state index in [1.165, 1.54) is 0 Å². The molecule has 0 aromatic rings. The van der Waals surface area contributed by atoms with Crippen LogP contribution in [0.25, 0.3) is 0 Å². The highest BCUT2D eigenvalue weighted by Gasteiger charge is 2.40. The number of halogens is 3. The Morgan fingerprint density at radius 3 is 2.71 bits per heavy atom. The minimum Gasteiger partial charge on any atom is -0.394 e. The Hall–Kier alpha value is -0.330. The van der Waals surface area contributed by atoms with E-state index in [2.05, 4.69) is 10.1 Å². The second kappa shape index (κ2) is 6.02. The van der Waals surface area contributed by atoms with Gasteiger partial charge in [0, 0.05) is 12.1 Å². The van der Waals surface area contributed by atoms with Gasteiger partial charge in [-0.15, -0.1) is 0 Å². The van der Waals surface area contributed by atoms with Gasteiger partial charge >= 0.3 is 6.18 Å². The van der Waals surface area contributed by atoms with E-state index in [1.807, 2.05) is 0 Å². The molecule has 0 aromatic heterocycles. The number of nitrogens with one attached hydrogen (secondary N) is 1. The first kappa shape index (κ1) is 14.7. The summed E-state index contributed by atoms with van der Waals surface area (Å²) in [4.78, 5) is 0. The van der Waals surface area contributed by atoms with Gasteiger partial charge in [0.15, 0.2) is 0 Å². The van der Waals surface area contributed by atoms with Gasteiger partial charge in [-0.05, 0) is 32.2 Å². The van der Waals surface area contributed by atoms with E-state index < -0.39 is 12.8 Å². The Bertz CT molecular complexity index is 229. The van der Waals surface area contributed by atoms with Crippen molar-refractivity contribution in [2.75, 3.05) is 26.9 Å². The van der Waals surface area contributed by atoms with Crippen LogP contribution in [0.3, 0.4) is 0 Å². The third-order valence-electron chi connectivity index (χ3n) is 3.61. The molecule has 1 aliphatic carbocycles. The van der Waals surface area contributed by atoms with Crippen molar-refractivity contribution in [1.82, 2.24) is 5.32 Å². The molecule has 0 heterocycles. The van der Waals surface area contributed by atoms with Crippen molar-refractivity contribution in [3.8, 4) is 0 Å². The number of rotatable bonds is 6. The summed E-state index contributed by atoms with van der Waals surface area (Å²) >= 11 is 0. The average Bonchev–Trinajstić information content (AvgIpc) is 2.67. The molecule has 2 unspecified atom stereocenters. The topological polar surface area (TPSA) is 41.5 Å². The predicted octanol–water partition coefficient (Wildman–Crippen LogP) is 1.71. The van der Waals surface area contributed by atoms with Crippen LogP contribution in [0.15, 0.2) is 0 Å². The lowest BCUT2D eigenvalue weighted by molar-refractivity contribution is -0.174. The van der Waals surface area contributed by atoms with Gasteiger partial charge in [0.1, 0.15) is 6.61 Å². The molecule has 0 aromatic carbocycles. The lowest BCUT2D eigenvalue weighted by atomic mass is 9.86. The van der Waals surface area contributed by atoms with E-state index in [9.17, 15) is 18.3 Å². The summed E-state index contributed by atoms with van der Waals surface area (Å²) in [5.41, 5.74) is -0.332. The van der Waals surface area contributed by atoms with Crippen LogP contribution in [-0.2, 0) is 4.74 Å². The molecule has 102 valence electrons. The zero-order valence-electron chi connectivity index (χ0n) is 10.0. The van der Waals surface area contributed by atoms with Crippen LogP contribution in [0.2, 0.25) is 0 Å². The van der Waals surface area contributed by atoms with E-state index in [-0.39, 0.29) is 24.7 Å². The van der Waals surface area contributed by atoms with Crippen LogP contribution < -0.4 is 5.32 Å². The molecule has 2 atom stereocenters. The molecule has 0 saturated heterocycles. The molecular formula is C11H20F3NO2. The maximum atomic E-state index is 11.9. The predicted molar refractivity (Wildman–Crippen MR) is 57.7 cm³/mol. The molecule has 0 aliphatic heterocycles. The molecule has 17 heavy (non-hydrogen) atoms. The van der Waals surface area contributed by atoms with Crippen molar-refractivity contribution >= 4 is 0 Å².